The molecule has 1 amide bonds. The summed E-state index contributed by atoms with van der Waals surface area (Å²) in [6.07, 6.45) is 3.55. The van der Waals surface area contributed by atoms with Gasteiger partial charge in [-0.2, -0.15) is 0 Å². The van der Waals surface area contributed by atoms with Crippen LogP contribution in [0.15, 0.2) is 11.8 Å². The molecule has 0 unspecified atom stereocenters. The first-order valence-corrected chi connectivity index (χ1v) is 6.75. The highest BCUT2D eigenvalue weighted by Crippen LogP contribution is 2.36. The van der Waals surface area contributed by atoms with Crippen molar-refractivity contribution in [3.05, 3.63) is 11.8 Å². The van der Waals surface area contributed by atoms with E-state index in [1.165, 1.54) is 0 Å². The molecule has 0 bridgehead atoms. The first-order valence-electron chi connectivity index (χ1n) is 6.75. The molecular weight excluding hydrogens is 246 g/mol. The molecule has 0 aromatic rings. The minimum absolute atomic E-state index is 0.0250. The van der Waals surface area contributed by atoms with Crippen LogP contribution >= 0.6 is 0 Å². The molecule has 1 heterocycles. The number of primary amides is 1. The zero-order valence-electron chi connectivity index (χ0n) is 12.0. The van der Waals surface area contributed by atoms with E-state index in [1.54, 1.807) is 6.08 Å². The van der Waals surface area contributed by atoms with Gasteiger partial charge < -0.3 is 20.3 Å². The van der Waals surface area contributed by atoms with Gasteiger partial charge in [0.1, 0.15) is 0 Å². The van der Waals surface area contributed by atoms with Gasteiger partial charge in [0.25, 0.3) is 5.91 Å². The second-order valence-corrected chi connectivity index (χ2v) is 5.95. The molecule has 1 rings (SSSR count). The molecule has 3 N–H and O–H groups in total. The van der Waals surface area contributed by atoms with Crippen LogP contribution in [0, 0.1) is 11.3 Å². The molecule has 0 spiro atoms. The van der Waals surface area contributed by atoms with E-state index in [9.17, 15) is 4.79 Å². The Morgan fingerprint density at radius 1 is 1.53 bits per heavy atom. The SMILES string of the molecule is CC(C)(C)[C@H]1C=C(C(N)=O)O[C@@H](OCCCCO)C1. The van der Waals surface area contributed by atoms with Crippen molar-refractivity contribution in [2.24, 2.45) is 17.1 Å². The van der Waals surface area contributed by atoms with E-state index in [2.05, 4.69) is 20.8 Å². The number of carbonyl (C=O) groups is 1. The van der Waals surface area contributed by atoms with Crippen molar-refractivity contribution in [3.8, 4) is 0 Å². The Morgan fingerprint density at radius 2 is 2.21 bits per heavy atom. The molecule has 5 nitrogen and oxygen atoms in total. The maximum atomic E-state index is 11.3. The minimum Gasteiger partial charge on any atom is -0.459 e. The lowest BCUT2D eigenvalue weighted by Crippen LogP contribution is -2.34. The number of carbonyl (C=O) groups excluding carboxylic acids is 1. The van der Waals surface area contributed by atoms with Crippen molar-refractivity contribution in [2.45, 2.75) is 46.3 Å². The van der Waals surface area contributed by atoms with Gasteiger partial charge in [-0.3, -0.25) is 4.79 Å². The zero-order chi connectivity index (χ0) is 14.5. The zero-order valence-corrected chi connectivity index (χ0v) is 12.0. The fraction of sp³-hybridized carbons (Fsp3) is 0.786. The first kappa shape index (κ1) is 16.0. The van der Waals surface area contributed by atoms with E-state index in [0.29, 0.717) is 19.4 Å². The van der Waals surface area contributed by atoms with E-state index in [-0.39, 0.29) is 23.7 Å². The minimum atomic E-state index is -0.557. The maximum Gasteiger partial charge on any atom is 0.283 e. The van der Waals surface area contributed by atoms with Crippen LogP contribution in [0.4, 0.5) is 0 Å². The summed E-state index contributed by atoms with van der Waals surface area (Å²) >= 11 is 0. The van der Waals surface area contributed by atoms with E-state index >= 15 is 0 Å². The number of rotatable bonds is 6. The Labute approximate surface area is 114 Å². The number of hydrogen-bond donors (Lipinski definition) is 2. The lowest BCUT2D eigenvalue weighted by molar-refractivity contribution is -0.151. The van der Waals surface area contributed by atoms with Crippen LogP contribution < -0.4 is 5.73 Å². The molecule has 19 heavy (non-hydrogen) atoms. The molecule has 0 radical (unpaired) electrons. The number of allylic oxidation sites excluding steroid dienone is 1. The van der Waals surface area contributed by atoms with Crippen molar-refractivity contribution in [1.82, 2.24) is 0 Å². The average Bonchev–Trinajstić information content (AvgIpc) is 2.33. The molecule has 110 valence electrons. The molecule has 1 aliphatic heterocycles. The van der Waals surface area contributed by atoms with Gasteiger partial charge in [-0.15, -0.1) is 0 Å². The summed E-state index contributed by atoms with van der Waals surface area (Å²) in [5.41, 5.74) is 5.32. The van der Waals surface area contributed by atoms with E-state index < -0.39 is 12.2 Å². The summed E-state index contributed by atoms with van der Waals surface area (Å²) in [4.78, 5) is 11.3. The standard InChI is InChI=1S/C14H25NO4/c1-14(2,3)10-8-11(13(15)17)19-12(9-10)18-7-5-4-6-16/h8,10,12,16H,4-7,9H2,1-3H3,(H2,15,17)/t10-,12+/m0/s1. The third-order valence-corrected chi connectivity index (χ3v) is 3.27. The van der Waals surface area contributed by atoms with Gasteiger partial charge >= 0.3 is 0 Å². The number of ether oxygens (including phenoxy) is 2. The number of unbranched alkanes of at least 4 members (excludes halogenated alkanes) is 1. The second-order valence-electron chi connectivity index (χ2n) is 5.95. The number of aliphatic hydroxyl groups is 1. The lowest BCUT2D eigenvalue weighted by atomic mass is 9.77. The smallest absolute Gasteiger partial charge is 0.283 e. The summed E-state index contributed by atoms with van der Waals surface area (Å²) in [5.74, 6) is -0.178. The molecule has 0 saturated heterocycles. The summed E-state index contributed by atoms with van der Waals surface area (Å²) in [6, 6.07) is 0. The summed E-state index contributed by atoms with van der Waals surface area (Å²) in [5, 5.41) is 8.71. The molecule has 0 aromatic heterocycles. The number of nitrogens with two attached hydrogens (primary N) is 1. The van der Waals surface area contributed by atoms with Crippen molar-refractivity contribution < 1.29 is 19.4 Å². The highest BCUT2D eigenvalue weighted by atomic mass is 16.7. The van der Waals surface area contributed by atoms with Gasteiger partial charge in [0.05, 0.1) is 6.61 Å². The van der Waals surface area contributed by atoms with Crippen LogP contribution in [0.25, 0.3) is 0 Å². The van der Waals surface area contributed by atoms with Crippen LogP contribution in [-0.4, -0.2) is 30.5 Å². The molecule has 5 heteroatoms. The van der Waals surface area contributed by atoms with Gasteiger partial charge in [-0.25, -0.2) is 0 Å². The number of hydrogen-bond acceptors (Lipinski definition) is 4. The summed E-state index contributed by atoms with van der Waals surface area (Å²) in [6.45, 7) is 7.00. The highest BCUT2D eigenvalue weighted by molar-refractivity contribution is 5.90. The van der Waals surface area contributed by atoms with Crippen molar-refractivity contribution >= 4 is 5.91 Å². The molecule has 2 atom stereocenters. The predicted molar refractivity (Wildman–Crippen MR) is 72.0 cm³/mol. The molecule has 0 saturated carbocycles. The van der Waals surface area contributed by atoms with Crippen LogP contribution in [0.5, 0.6) is 0 Å². The Bertz CT molecular complexity index is 333. The lowest BCUT2D eigenvalue weighted by Gasteiger charge is -2.35. The van der Waals surface area contributed by atoms with Crippen LogP contribution in [-0.2, 0) is 14.3 Å². The van der Waals surface area contributed by atoms with E-state index in [0.717, 1.165) is 6.42 Å². The maximum absolute atomic E-state index is 11.3. The van der Waals surface area contributed by atoms with Crippen molar-refractivity contribution in [3.63, 3.8) is 0 Å². The van der Waals surface area contributed by atoms with Crippen molar-refractivity contribution in [2.75, 3.05) is 13.2 Å². The fourth-order valence-electron chi connectivity index (χ4n) is 1.96. The summed E-state index contributed by atoms with van der Waals surface area (Å²) < 4.78 is 11.1. The summed E-state index contributed by atoms with van der Waals surface area (Å²) in [7, 11) is 0. The van der Waals surface area contributed by atoms with Crippen LogP contribution in [0.3, 0.4) is 0 Å². The Morgan fingerprint density at radius 3 is 2.74 bits per heavy atom. The quantitative estimate of drug-likeness (QED) is 0.718. The Kier molecular flexibility index (Phi) is 5.82. The third kappa shape index (κ3) is 5.20. The molecule has 0 aliphatic carbocycles. The normalized spacial score (nSPS) is 23.7. The highest BCUT2D eigenvalue weighted by Gasteiger charge is 2.33. The fourth-order valence-corrected chi connectivity index (χ4v) is 1.96. The second kappa shape index (κ2) is 6.91. The van der Waals surface area contributed by atoms with E-state index in [1.807, 2.05) is 0 Å². The Hall–Kier alpha value is -1.07. The monoisotopic (exact) mass is 271 g/mol. The van der Waals surface area contributed by atoms with Gasteiger partial charge in [-0.1, -0.05) is 20.8 Å². The van der Waals surface area contributed by atoms with Gasteiger partial charge in [0, 0.05) is 13.0 Å². The van der Waals surface area contributed by atoms with Gasteiger partial charge in [0.15, 0.2) is 5.76 Å². The molecular formula is C14H25NO4. The average molecular weight is 271 g/mol. The van der Waals surface area contributed by atoms with Crippen molar-refractivity contribution in [1.29, 1.82) is 0 Å². The van der Waals surface area contributed by atoms with Gasteiger partial charge in [0.2, 0.25) is 6.29 Å². The van der Waals surface area contributed by atoms with Crippen LogP contribution in [0.1, 0.15) is 40.0 Å². The molecule has 0 fully saturated rings. The van der Waals surface area contributed by atoms with Gasteiger partial charge in [-0.05, 0) is 30.3 Å². The first-order chi connectivity index (χ1) is 8.84. The number of amides is 1. The van der Waals surface area contributed by atoms with E-state index in [4.69, 9.17) is 20.3 Å². The third-order valence-electron chi connectivity index (χ3n) is 3.27. The molecule has 1 aliphatic rings. The topological polar surface area (TPSA) is 81.8 Å². The molecule has 0 aromatic carbocycles. The number of aliphatic hydroxyl groups excluding tert-OH is 1. The Balaban J connectivity index is 2.62. The van der Waals surface area contributed by atoms with Crippen LogP contribution in [0.2, 0.25) is 0 Å². The largest absolute Gasteiger partial charge is 0.459 e. The predicted octanol–water partition coefficient (Wildman–Crippen LogP) is 1.55.